The monoisotopic (exact) mass is 487 g/mol. The highest BCUT2D eigenvalue weighted by molar-refractivity contribution is 6.05. The van der Waals surface area contributed by atoms with Gasteiger partial charge in [-0.1, -0.05) is 18.2 Å². The van der Waals surface area contributed by atoms with Gasteiger partial charge in [0.15, 0.2) is 0 Å². The molecule has 3 heterocycles. The summed E-state index contributed by atoms with van der Waals surface area (Å²) in [4.78, 5) is 32.9. The van der Waals surface area contributed by atoms with E-state index in [9.17, 15) is 9.59 Å². The van der Waals surface area contributed by atoms with Gasteiger partial charge in [0.05, 0.1) is 0 Å². The van der Waals surface area contributed by atoms with Gasteiger partial charge in [-0.2, -0.15) is 0 Å². The Morgan fingerprint density at radius 2 is 1.33 bits per heavy atom. The van der Waals surface area contributed by atoms with Crippen LogP contribution in [0.3, 0.4) is 0 Å². The number of anilines is 3. The van der Waals surface area contributed by atoms with Crippen LogP contribution in [0.1, 0.15) is 32.1 Å². The molecule has 0 aromatic heterocycles. The standard InChI is InChI=1S/C29H37N5O2/c35-27-10-13-34(28(36)30-27)26-8-6-25(7-9-26)32-14-11-29(12-15-32)20-23(21-29)22-31-16-18-33(19-17-31)24-4-2-1-3-5-24/h1-9,23H,10-22H2,(H,30,35,36). The smallest absolute Gasteiger partial charge is 0.328 e. The fourth-order valence-electron chi connectivity index (χ4n) is 6.79. The number of nitrogens with zero attached hydrogens (tertiary/aromatic N) is 4. The number of piperazine rings is 1. The lowest BCUT2D eigenvalue weighted by Crippen LogP contribution is -2.52. The van der Waals surface area contributed by atoms with E-state index in [1.54, 1.807) is 4.90 Å². The molecule has 7 heteroatoms. The average molecular weight is 488 g/mol. The van der Waals surface area contributed by atoms with Gasteiger partial charge in [-0.15, -0.1) is 0 Å². The second kappa shape index (κ2) is 9.77. The van der Waals surface area contributed by atoms with Gasteiger partial charge >= 0.3 is 6.03 Å². The summed E-state index contributed by atoms with van der Waals surface area (Å²) < 4.78 is 0. The number of benzene rings is 2. The summed E-state index contributed by atoms with van der Waals surface area (Å²) in [6, 6.07) is 18.7. The van der Waals surface area contributed by atoms with Crippen molar-refractivity contribution in [3.8, 4) is 0 Å². The first-order valence-corrected chi connectivity index (χ1v) is 13.6. The van der Waals surface area contributed by atoms with Gasteiger partial charge in [0.25, 0.3) is 0 Å². The number of nitrogens with one attached hydrogen (secondary N) is 1. The second-order valence-electron chi connectivity index (χ2n) is 11.2. The van der Waals surface area contributed by atoms with E-state index in [0.29, 0.717) is 18.4 Å². The number of carbonyl (C=O) groups excluding carboxylic acids is 2. The molecule has 3 saturated heterocycles. The van der Waals surface area contributed by atoms with E-state index in [4.69, 9.17) is 0 Å². The highest BCUT2D eigenvalue weighted by Crippen LogP contribution is 2.53. The molecule has 6 rings (SSSR count). The molecule has 1 saturated carbocycles. The fourth-order valence-corrected chi connectivity index (χ4v) is 6.79. The van der Waals surface area contributed by atoms with E-state index in [2.05, 4.69) is 62.5 Å². The first kappa shape index (κ1) is 23.3. The quantitative estimate of drug-likeness (QED) is 0.692. The van der Waals surface area contributed by atoms with Gasteiger partial charge in [0.2, 0.25) is 5.91 Å². The van der Waals surface area contributed by atoms with Crippen molar-refractivity contribution in [3.05, 3.63) is 54.6 Å². The molecule has 4 fully saturated rings. The van der Waals surface area contributed by atoms with E-state index in [1.165, 1.54) is 56.7 Å². The maximum absolute atomic E-state index is 12.1. The third-order valence-electron chi connectivity index (χ3n) is 8.86. The third-order valence-corrected chi connectivity index (χ3v) is 8.86. The Bertz CT molecular complexity index is 1060. The molecule has 1 spiro atoms. The molecule has 4 aliphatic rings. The summed E-state index contributed by atoms with van der Waals surface area (Å²) in [6.45, 7) is 8.56. The maximum atomic E-state index is 12.1. The summed E-state index contributed by atoms with van der Waals surface area (Å²) in [7, 11) is 0. The van der Waals surface area contributed by atoms with Gasteiger partial charge in [-0.25, -0.2) is 4.79 Å². The molecule has 0 bridgehead atoms. The summed E-state index contributed by atoms with van der Waals surface area (Å²) >= 11 is 0. The van der Waals surface area contributed by atoms with Crippen LogP contribution in [0.4, 0.5) is 21.9 Å². The minimum atomic E-state index is -0.323. The molecular weight excluding hydrogens is 450 g/mol. The molecule has 3 aliphatic heterocycles. The van der Waals surface area contributed by atoms with Crippen LogP contribution in [0, 0.1) is 11.3 Å². The van der Waals surface area contributed by atoms with Crippen molar-refractivity contribution < 1.29 is 9.59 Å². The Labute approximate surface area is 214 Å². The Hall–Kier alpha value is -3.06. The molecule has 0 radical (unpaired) electrons. The van der Waals surface area contributed by atoms with Crippen molar-refractivity contribution in [1.82, 2.24) is 10.2 Å². The molecule has 1 aliphatic carbocycles. The van der Waals surface area contributed by atoms with E-state index >= 15 is 0 Å². The Morgan fingerprint density at radius 3 is 2.00 bits per heavy atom. The predicted molar refractivity (Wildman–Crippen MR) is 144 cm³/mol. The summed E-state index contributed by atoms with van der Waals surface area (Å²) in [5.41, 5.74) is 4.00. The van der Waals surface area contributed by atoms with Crippen LogP contribution in [0.5, 0.6) is 0 Å². The highest BCUT2D eigenvalue weighted by Gasteiger charge is 2.46. The first-order chi connectivity index (χ1) is 17.6. The highest BCUT2D eigenvalue weighted by atomic mass is 16.2. The van der Waals surface area contributed by atoms with Crippen LogP contribution in [-0.4, -0.2) is 69.2 Å². The normalized spacial score (nSPS) is 23.1. The molecule has 36 heavy (non-hydrogen) atoms. The van der Waals surface area contributed by atoms with Crippen molar-refractivity contribution in [2.24, 2.45) is 11.3 Å². The SMILES string of the molecule is O=C1CCN(c2ccc(N3CCC4(CC3)CC(CN3CCN(c5ccccc5)CC3)C4)cc2)C(=O)N1. The van der Waals surface area contributed by atoms with Crippen LogP contribution in [0.15, 0.2) is 54.6 Å². The van der Waals surface area contributed by atoms with Crippen LogP contribution < -0.4 is 20.0 Å². The second-order valence-corrected chi connectivity index (χ2v) is 11.2. The van der Waals surface area contributed by atoms with Crippen molar-refractivity contribution in [2.45, 2.75) is 32.1 Å². The fraction of sp³-hybridized carbons (Fsp3) is 0.517. The molecule has 2 aromatic carbocycles. The van der Waals surface area contributed by atoms with Gasteiger partial charge < -0.3 is 9.80 Å². The molecule has 190 valence electrons. The molecule has 0 unspecified atom stereocenters. The summed E-state index contributed by atoms with van der Waals surface area (Å²) in [5, 5.41) is 2.40. The van der Waals surface area contributed by atoms with E-state index in [0.717, 1.165) is 37.8 Å². The summed E-state index contributed by atoms with van der Waals surface area (Å²) in [5.74, 6) is 0.667. The minimum Gasteiger partial charge on any atom is -0.371 e. The Morgan fingerprint density at radius 1 is 0.722 bits per heavy atom. The third kappa shape index (κ3) is 4.81. The lowest BCUT2D eigenvalue weighted by Gasteiger charge is -2.54. The number of hydrogen-bond donors (Lipinski definition) is 1. The zero-order valence-corrected chi connectivity index (χ0v) is 21.1. The van der Waals surface area contributed by atoms with Crippen LogP contribution in [-0.2, 0) is 4.79 Å². The predicted octanol–water partition coefficient (Wildman–Crippen LogP) is 3.95. The zero-order chi connectivity index (χ0) is 24.5. The molecule has 2 aromatic rings. The number of rotatable bonds is 5. The molecule has 1 N–H and O–H groups in total. The molecular formula is C29H37N5O2. The van der Waals surface area contributed by atoms with Gasteiger partial charge in [-0.3, -0.25) is 19.9 Å². The topological polar surface area (TPSA) is 59.1 Å². The van der Waals surface area contributed by atoms with E-state index < -0.39 is 0 Å². The van der Waals surface area contributed by atoms with Crippen molar-refractivity contribution >= 4 is 29.0 Å². The Balaban J connectivity index is 0.944. The molecule has 0 atom stereocenters. The van der Waals surface area contributed by atoms with Gasteiger partial charge in [0, 0.05) is 75.8 Å². The van der Waals surface area contributed by atoms with Crippen molar-refractivity contribution in [3.63, 3.8) is 0 Å². The van der Waals surface area contributed by atoms with Crippen LogP contribution in [0.25, 0.3) is 0 Å². The lowest BCUT2D eigenvalue weighted by molar-refractivity contribution is -0.120. The number of imide groups is 1. The number of urea groups is 1. The lowest BCUT2D eigenvalue weighted by atomic mass is 9.57. The molecule has 3 amide bonds. The van der Waals surface area contributed by atoms with Gasteiger partial charge in [-0.05, 0) is 73.4 Å². The van der Waals surface area contributed by atoms with Crippen LogP contribution >= 0.6 is 0 Å². The number of hydrogen-bond acceptors (Lipinski definition) is 5. The number of carbonyl (C=O) groups is 2. The number of para-hydroxylation sites is 1. The zero-order valence-electron chi connectivity index (χ0n) is 21.1. The number of piperidine rings is 1. The molecule has 7 nitrogen and oxygen atoms in total. The first-order valence-electron chi connectivity index (χ1n) is 13.6. The van der Waals surface area contributed by atoms with E-state index in [-0.39, 0.29) is 11.9 Å². The Kier molecular flexibility index (Phi) is 6.34. The maximum Gasteiger partial charge on any atom is 0.328 e. The van der Waals surface area contributed by atoms with Gasteiger partial charge in [0.1, 0.15) is 0 Å². The van der Waals surface area contributed by atoms with Crippen LogP contribution in [0.2, 0.25) is 0 Å². The average Bonchev–Trinajstić information content (AvgIpc) is 2.89. The van der Waals surface area contributed by atoms with Crippen molar-refractivity contribution in [1.29, 1.82) is 0 Å². The number of amides is 3. The van der Waals surface area contributed by atoms with E-state index in [1.807, 2.05) is 12.1 Å². The minimum absolute atomic E-state index is 0.195. The largest absolute Gasteiger partial charge is 0.371 e. The van der Waals surface area contributed by atoms with Crippen molar-refractivity contribution in [2.75, 3.05) is 67.1 Å². The summed E-state index contributed by atoms with van der Waals surface area (Å²) in [6.07, 6.45) is 5.70.